The van der Waals surface area contributed by atoms with Gasteiger partial charge in [0, 0.05) is 42.9 Å². The molecule has 2 aromatic rings. The van der Waals surface area contributed by atoms with Crippen molar-refractivity contribution in [1.82, 2.24) is 4.90 Å². The van der Waals surface area contributed by atoms with Crippen LogP contribution in [0.5, 0.6) is 11.5 Å². The molecule has 1 fully saturated rings. The third-order valence-electron chi connectivity index (χ3n) is 5.64. The molecule has 0 aromatic heterocycles. The minimum absolute atomic E-state index is 0.119. The molecule has 5 nitrogen and oxygen atoms in total. The molecule has 1 saturated heterocycles. The molecule has 3 rings (SSSR count). The Labute approximate surface area is 208 Å². The Bertz CT molecular complexity index is 1100. The number of halogens is 4. The first-order chi connectivity index (χ1) is 16.5. The van der Waals surface area contributed by atoms with Gasteiger partial charge in [0.1, 0.15) is 6.61 Å². The quantitative estimate of drug-likeness (QED) is 0.507. The average Bonchev–Trinajstić information content (AvgIpc) is 2.77. The van der Waals surface area contributed by atoms with E-state index in [1.165, 1.54) is 13.5 Å². The molecule has 1 amide bonds. The minimum atomic E-state index is -4.51. The van der Waals surface area contributed by atoms with Gasteiger partial charge in [0.25, 0.3) is 0 Å². The van der Waals surface area contributed by atoms with Crippen LogP contribution in [0.15, 0.2) is 36.4 Å². The third kappa shape index (κ3) is 7.81. The number of benzene rings is 2. The van der Waals surface area contributed by atoms with Gasteiger partial charge >= 0.3 is 12.1 Å². The number of carbonyl (C=O) groups excluding carboxylic acids is 1. The molecule has 2 aromatic carbocycles. The molecule has 0 saturated carbocycles. The summed E-state index contributed by atoms with van der Waals surface area (Å²) < 4.78 is 49.5. The molecule has 1 aliphatic heterocycles. The maximum atomic E-state index is 12.7. The highest BCUT2D eigenvalue weighted by atomic mass is 35.5. The Hall–Kier alpha value is -2.89. The standard InChI is InChI=1S/C26H28ClF3N2O3/c1-17-12-18(2)16-32(15-17)10-11-35-23-8-7-21(14-24(23)34-3)31-25(33)9-5-19-4-6-20(13-22(19)27)26(28,29)30/h4,6-8,13-14,17-18H,10-12,15-16H2,1-3H3,(H,31,33). The van der Waals surface area contributed by atoms with Crippen molar-refractivity contribution in [3.63, 3.8) is 0 Å². The van der Waals surface area contributed by atoms with Crippen LogP contribution in [0, 0.1) is 23.7 Å². The molecule has 0 radical (unpaired) electrons. The SMILES string of the molecule is COc1cc(NC(=O)C#Cc2ccc(C(F)(F)F)cc2Cl)ccc1OCCN1CC(C)CC(C)C1. The number of amides is 1. The first-order valence-corrected chi connectivity index (χ1v) is 11.7. The van der Waals surface area contributed by atoms with E-state index in [0.717, 1.165) is 37.8 Å². The summed E-state index contributed by atoms with van der Waals surface area (Å²) in [6.07, 6.45) is -3.26. The van der Waals surface area contributed by atoms with Gasteiger partial charge in [0.15, 0.2) is 11.5 Å². The molecule has 2 atom stereocenters. The smallest absolute Gasteiger partial charge is 0.416 e. The number of anilines is 1. The van der Waals surface area contributed by atoms with Gasteiger partial charge in [-0.2, -0.15) is 13.2 Å². The van der Waals surface area contributed by atoms with E-state index in [-0.39, 0.29) is 10.6 Å². The van der Waals surface area contributed by atoms with Crippen molar-refractivity contribution in [2.24, 2.45) is 11.8 Å². The number of likely N-dealkylation sites (tertiary alicyclic amines) is 1. The summed E-state index contributed by atoms with van der Waals surface area (Å²) in [5.74, 6) is 6.55. The van der Waals surface area contributed by atoms with Crippen LogP contribution >= 0.6 is 11.6 Å². The van der Waals surface area contributed by atoms with Gasteiger partial charge in [-0.15, -0.1) is 0 Å². The zero-order valence-corrected chi connectivity index (χ0v) is 20.6. The summed E-state index contributed by atoms with van der Waals surface area (Å²) in [5, 5.41) is 2.42. The number of carbonyl (C=O) groups is 1. The number of nitrogens with zero attached hydrogens (tertiary/aromatic N) is 1. The highest BCUT2D eigenvalue weighted by molar-refractivity contribution is 6.31. The van der Waals surface area contributed by atoms with Crippen LogP contribution in [0.1, 0.15) is 31.4 Å². The highest BCUT2D eigenvalue weighted by Gasteiger charge is 2.30. The third-order valence-corrected chi connectivity index (χ3v) is 5.95. The van der Waals surface area contributed by atoms with Crippen molar-refractivity contribution in [3.8, 4) is 23.3 Å². The van der Waals surface area contributed by atoms with Gasteiger partial charge in [0.05, 0.1) is 17.7 Å². The zero-order chi connectivity index (χ0) is 25.6. The van der Waals surface area contributed by atoms with E-state index in [4.69, 9.17) is 21.1 Å². The normalized spacial score (nSPS) is 18.4. The van der Waals surface area contributed by atoms with E-state index in [1.54, 1.807) is 18.2 Å². The zero-order valence-electron chi connectivity index (χ0n) is 19.8. The minimum Gasteiger partial charge on any atom is -0.493 e. The number of nitrogens with one attached hydrogen (secondary N) is 1. The summed E-state index contributed by atoms with van der Waals surface area (Å²) in [6.45, 7) is 7.99. The maximum absolute atomic E-state index is 12.7. The number of hydrogen-bond donors (Lipinski definition) is 1. The highest BCUT2D eigenvalue weighted by Crippen LogP contribution is 2.32. The van der Waals surface area contributed by atoms with Gasteiger partial charge < -0.3 is 14.8 Å². The van der Waals surface area contributed by atoms with Gasteiger partial charge in [0.2, 0.25) is 0 Å². The molecule has 1 N–H and O–H groups in total. The molecule has 2 unspecified atom stereocenters. The predicted molar refractivity (Wildman–Crippen MR) is 130 cm³/mol. The Balaban J connectivity index is 1.58. The van der Waals surface area contributed by atoms with E-state index in [1.807, 2.05) is 0 Å². The molecule has 9 heteroatoms. The molecule has 0 spiro atoms. The van der Waals surface area contributed by atoms with Crippen LogP contribution in [0.4, 0.5) is 18.9 Å². The van der Waals surface area contributed by atoms with Crippen LogP contribution in [-0.4, -0.2) is 44.2 Å². The fourth-order valence-electron chi connectivity index (χ4n) is 4.20. The van der Waals surface area contributed by atoms with Crippen molar-refractivity contribution in [2.45, 2.75) is 26.4 Å². The van der Waals surface area contributed by atoms with Crippen molar-refractivity contribution >= 4 is 23.2 Å². The second kappa shape index (κ2) is 11.7. The van der Waals surface area contributed by atoms with Gasteiger partial charge in [-0.3, -0.25) is 9.69 Å². The van der Waals surface area contributed by atoms with Gasteiger partial charge in [-0.25, -0.2) is 0 Å². The van der Waals surface area contributed by atoms with E-state index in [2.05, 4.69) is 35.9 Å². The summed E-state index contributed by atoms with van der Waals surface area (Å²) in [7, 11) is 1.51. The van der Waals surface area contributed by atoms with E-state index >= 15 is 0 Å². The molecular formula is C26H28ClF3N2O3. The molecule has 1 heterocycles. The summed E-state index contributed by atoms with van der Waals surface area (Å²) >= 11 is 5.87. The monoisotopic (exact) mass is 508 g/mol. The number of hydrogen-bond acceptors (Lipinski definition) is 4. The molecular weight excluding hydrogens is 481 g/mol. The lowest BCUT2D eigenvalue weighted by molar-refractivity contribution is -0.137. The van der Waals surface area contributed by atoms with Gasteiger partial charge in [-0.1, -0.05) is 31.4 Å². The van der Waals surface area contributed by atoms with E-state index in [9.17, 15) is 18.0 Å². The van der Waals surface area contributed by atoms with Crippen LogP contribution < -0.4 is 14.8 Å². The van der Waals surface area contributed by atoms with Crippen molar-refractivity contribution in [1.29, 1.82) is 0 Å². The second-order valence-electron chi connectivity index (χ2n) is 8.82. The Morgan fingerprint density at radius 1 is 1.14 bits per heavy atom. The van der Waals surface area contributed by atoms with Gasteiger partial charge in [-0.05, 0) is 48.6 Å². The summed E-state index contributed by atoms with van der Waals surface area (Å²) in [5.41, 5.74) is -0.328. The lowest BCUT2D eigenvalue weighted by Crippen LogP contribution is -2.40. The van der Waals surface area contributed by atoms with Crippen LogP contribution in [0.3, 0.4) is 0 Å². The number of alkyl halides is 3. The second-order valence-corrected chi connectivity index (χ2v) is 9.22. The van der Waals surface area contributed by atoms with Crippen molar-refractivity contribution < 1.29 is 27.4 Å². The predicted octanol–water partition coefficient (Wildman–Crippen LogP) is 5.71. The Morgan fingerprint density at radius 3 is 2.49 bits per heavy atom. The summed E-state index contributed by atoms with van der Waals surface area (Å²) in [4.78, 5) is 14.6. The first kappa shape index (κ1) is 26.7. The molecule has 188 valence electrons. The van der Waals surface area contributed by atoms with Crippen molar-refractivity contribution in [2.75, 3.05) is 38.7 Å². The Morgan fingerprint density at radius 2 is 1.86 bits per heavy atom. The number of methoxy groups -OCH3 is 1. The summed E-state index contributed by atoms with van der Waals surface area (Å²) in [6, 6.07) is 7.75. The molecule has 1 aliphatic rings. The molecule has 35 heavy (non-hydrogen) atoms. The lowest BCUT2D eigenvalue weighted by Gasteiger charge is -2.34. The van der Waals surface area contributed by atoms with Crippen LogP contribution in [0.2, 0.25) is 5.02 Å². The largest absolute Gasteiger partial charge is 0.493 e. The van der Waals surface area contributed by atoms with E-state index in [0.29, 0.717) is 35.6 Å². The van der Waals surface area contributed by atoms with Crippen LogP contribution in [-0.2, 0) is 11.0 Å². The number of ether oxygens (including phenoxy) is 2. The topological polar surface area (TPSA) is 50.8 Å². The lowest BCUT2D eigenvalue weighted by atomic mass is 9.92. The Kier molecular flexibility index (Phi) is 8.92. The van der Waals surface area contributed by atoms with E-state index < -0.39 is 17.6 Å². The fourth-order valence-corrected chi connectivity index (χ4v) is 4.43. The number of rotatable bonds is 6. The molecule has 0 bridgehead atoms. The van der Waals surface area contributed by atoms with Crippen molar-refractivity contribution in [3.05, 3.63) is 52.5 Å². The average molecular weight is 509 g/mol. The number of piperidine rings is 1. The molecule has 0 aliphatic carbocycles. The first-order valence-electron chi connectivity index (χ1n) is 11.3. The van der Waals surface area contributed by atoms with Crippen LogP contribution in [0.25, 0.3) is 0 Å². The maximum Gasteiger partial charge on any atom is 0.416 e. The fraction of sp³-hybridized carbons (Fsp3) is 0.423.